The molecule has 0 aliphatic heterocycles. The van der Waals surface area contributed by atoms with Gasteiger partial charge in [-0.2, -0.15) is 0 Å². The van der Waals surface area contributed by atoms with Crippen molar-refractivity contribution in [1.82, 2.24) is 9.55 Å². The van der Waals surface area contributed by atoms with Crippen molar-refractivity contribution in [2.24, 2.45) is 0 Å². The van der Waals surface area contributed by atoms with Crippen molar-refractivity contribution in [2.75, 3.05) is 0 Å². The van der Waals surface area contributed by atoms with Gasteiger partial charge in [0, 0.05) is 6.54 Å². The van der Waals surface area contributed by atoms with Crippen LogP contribution in [0.15, 0.2) is 12.5 Å². The number of hydrogen-bond acceptors (Lipinski definition) is 1. The summed E-state index contributed by atoms with van der Waals surface area (Å²) in [4.78, 5) is 3.93. The Bertz CT molecular complexity index is 168. The Morgan fingerprint density at radius 2 is 2.27 bits per heavy atom. The molecule has 1 rings (SSSR count). The van der Waals surface area contributed by atoms with Gasteiger partial charge < -0.3 is 4.57 Å². The summed E-state index contributed by atoms with van der Waals surface area (Å²) in [6.45, 7) is 3.29. The Labute approximate surface area is 68.3 Å². The third-order valence-corrected chi connectivity index (χ3v) is 1.76. The number of imidazole rings is 1. The van der Waals surface area contributed by atoms with E-state index in [9.17, 15) is 0 Å². The van der Waals surface area contributed by atoms with Crippen molar-refractivity contribution in [3.8, 4) is 0 Å². The molecule has 2 nitrogen and oxygen atoms in total. The van der Waals surface area contributed by atoms with E-state index in [0.717, 1.165) is 6.54 Å². The average molecular weight is 151 g/mol. The molecule has 2 heteroatoms. The van der Waals surface area contributed by atoms with Crippen molar-refractivity contribution in [2.45, 2.75) is 39.2 Å². The monoisotopic (exact) mass is 151 g/mol. The lowest BCUT2D eigenvalue weighted by Gasteiger charge is -1.99. The van der Waals surface area contributed by atoms with Crippen LogP contribution in [0.4, 0.5) is 0 Å². The van der Waals surface area contributed by atoms with Crippen LogP contribution in [-0.2, 0) is 6.54 Å². The van der Waals surface area contributed by atoms with E-state index in [-0.39, 0.29) is 0 Å². The third-order valence-electron chi connectivity index (χ3n) is 1.76. The van der Waals surface area contributed by atoms with Crippen LogP contribution in [-0.4, -0.2) is 9.55 Å². The molecule has 61 valence electrons. The van der Waals surface area contributed by atoms with Gasteiger partial charge in [0.15, 0.2) is 0 Å². The molecule has 1 heterocycles. The van der Waals surface area contributed by atoms with Gasteiger partial charge in [-0.05, 0) is 6.42 Å². The number of aromatic nitrogens is 2. The Morgan fingerprint density at radius 3 is 2.91 bits per heavy atom. The highest BCUT2D eigenvalue weighted by Crippen LogP contribution is 2.00. The zero-order valence-electron chi connectivity index (χ0n) is 7.08. The standard InChI is InChI=1S/C9H15N2/c1-2-3-4-5-7-11-8-6-10-9-11/h6,9H,2-5,7H2,1H3. The van der Waals surface area contributed by atoms with Crippen LogP contribution >= 0.6 is 0 Å². The van der Waals surface area contributed by atoms with Crippen molar-refractivity contribution in [3.05, 3.63) is 18.7 Å². The number of nitrogens with zero attached hydrogens (tertiary/aromatic N) is 2. The molecule has 0 N–H and O–H groups in total. The van der Waals surface area contributed by atoms with Crippen LogP contribution in [0.3, 0.4) is 0 Å². The number of hydrogen-bond donors (Lipinski definition) is 0. The van der Waals surface area contributed by atoms with Gasteiger partial charge in [-0.1, -0.05) is 26.2 Å². The van der Waals surface area contributed by atoms with Gasteiger partial charge >= 0.3 is 0 Å². The molecule has 0 aliphatic carbocycles. The van der Waals surface area contributed by atoms with Gasteiger partial charge in [0.05, 0.1) is 18.7 Å². The lowest BCUT2D eigenvalue weighted by molar-refractivity contribution is 0.580. The fourth-order valence-electron chi connectivity index (χ4n) is 1.09. The maximum absolute atomic E-state index is 3.93. The molecule has 0 atom stereocenters. The second-order valence-corrected chi connectivity index (χ2v) is 2.78. The minimum Gasteiger partial charge on any atom is -0.329 e. The molecule has 0 fully saturated rings. The molecule has 0 bridgehead atoms. The molecule has 11 heavy (non-hydrogen) atoms. The Kier molecular flexibility index (Phi) is 3.73. The van der Waals surface area contributed by atoms with Gasteiger partial charge in [0.25, 0.3) is 0 Å². The smallest absolute Gasteiger partial charge is 0.0951 e. The first kappa shape index (κ1) is 8.31. The Balaban J connectivity index is 2.04. The van der Waals surface area contributed by atoms with Crippen molar-refractivity contribution in [3.63, 3.8) is 0 Å². The molecule has 0 saturated heterocycles. The maximum Gasteiger partial charge on any atom is 0.0951 e. The topological polar surface area (TPSA) is 17.8 Å². The van der Waals surface area contributed by atoms with Gasteiger partial charge in [-0.25, -0.2) is 4.98 Å². The minimum absolute atomic E-state index is 1.07. The van der Waals surface area contributed by atoms with E-state index in [2.05, 4.69) is 18.1 Å². The molecule has 0 unspecified atom stereocenters. The van der Waals surface area contributed by atoms with Crippen molar-refractivity contribution in [1.29, 1.82) is 0 Å². The van der Waals surface area contributed by atoms with Crippen LogP contribution in [0.1, 0.15) is 32.6 Å². The SMILES string of the molecule is CCCCCCn1[c]cnc1. The zero-order chi connectivity index (χ0) is 7.94. The Morgan fingerprint density at radius 1 is 1.36 bits per heavy atom. The molecule has 0 amide bonds. The van der Waals surface area contributed by atoms with Crippen LogP contribution in [0.25, 0.3) is 0 Å². The summed E-state index contributed by atoms with van der Waals surface area (Å²) in [5.74, 6) is 0. The molecule has 0 saturated carbocycles. The average Bonchev–Trinajstić information content (AvgIpc) is 2.50. The summed E-state index contributed by atoms with van der Waals surface area (Å²) >= 11 is 0. The third kappa shape index (κ3) is 3.21. The zero-order valence-corrected chi connectivity index (χ0v) is 7.08. The normalized spacial score (nSPS) is 10.3. The van der Waals surface area contributed by atoms with Crippen molar-refractivity contribution >= 4 is 0 Å². The summed E-state index contributed by atoms with van der Waals surface area (Å²) in [7, 11) is 0. The number of aryl methyl sites for hydroxylation is 1. The van der Waals surface area contributed by atoms with Gasteiger partial charge in [0.2, 0.25) is 0 Å². The van der Waals surface area contributed by atoms with Gasteiger partial charge in [0.1, 0.15) is 0 Å². The van der Waals surface area contributed by atoms with E-state index in [1.54, 1.807) is 6.20 Å². The highest BCUT2D eigenvalue weighted by molar-refractivity contribution is 4.70. The lowest BCUT2D eigenvalue weighted by atomic mass is 10.2. The summed E-state index contributed by atoms with van der Waals surface area (Å²) in [5, 5.41) is 0. The van der Waals surface area contributed by atoms with E-state index in [1.807, 2.05) is 10.9 Å². The molecular weight excluding hydrogens is 136 g/mol. The first-order valence-electron chi connectivity index (χ1n) is 4.31. The second kappa shape index (κ2) is 4.94. The van der Waals surface area contributed by atoms with E-state index >= 15 is 0 Å². The van der Waals surface area contributed by atoms with Crippen LogP contribution in [0.2, 0.25) is 0 Å². The minimum atomic E-state index is 1.07. The number of unbranched alkanes of at least 4 members (excludes halogenated alkanes) is 3. The maximum atomic E-state index is 3.93. The summed E-state index contributed by atoms with van der Waals surface area (Å²) in [6, 6.07) is 0. The molecule has 1 radical (unpaired) electrons. The van der Waals surface area contributed by atoms with Crippen LogP contribution < -0.4 is 0 Å². The predicted octanol–water partition coefficient (Wildman–Crippen LogP) is 2.26. The first-order chi connectivity index (χ1) is 5.43. The highest BCUT2D eigenvalue weighted by atomic mass is 15.0. The predicted molar refractivity (Wildman–Crippen MR) is 45.2 cm³/mol. The number of rotatable bonds is 5. The molecular formula is C9H15N2. The molecule has 1 aromatic rings. The molecule has 0 aliphatic rings. The van der Waals surface area contributed by atoms with Gasteiger partial charge in [-0.3, -0.25) is 0 Å². The molecule has 1 aromatic heterocycles. The fourth-order valence-corrected chi connectivity index (χ4v) is 1.09. The lowest BCUT2D eigenvalue weighted by Crippen LogP contribution is -1.93. The second-order valence-electron chi connectivity index (χ2n) is 2.78. The summed E-state index contributed by atoms with van der Waals surface area (Å²) in [5.41, 5.74) is 0. The van der Waals surface area contributed by atoms with Gasteiger partial charge in [-0.15, -0.1) is 0 Å². The highest BCUT2D eigenvalue weighted by Gasteiger charge is 1.89. The van der Waals surface area contributed by atoms with E-state index in [4.69, 9.17) is 0 Å². The van der Waals surface area contributed by atoms with E-state index in [0.29, 0.717) is 0 Å². The quantitative estimate of drug-likeness (QED) is 0.590. The van der Waals surface area contributed by atoms with Crippen molar-refractivity contribution < 1.29 is 0 Å². The largest absolute Gasteiger partial charge is 0.329 e. The summed E-state index contributed by atoms with van der Waals surface area (Å²) < 4.78 is 2.01. The van der Waals surface area contributed by atoms with E-state index in [1.165, 1.54) is 25.7 Å². The Hall–Kier alpha value is -0.790. The van der Waals surface area contributed by atoms with Crippen LogP contribution in [0.5, 0.6) is 0 Å². The van der Waals surface area contributed by atoms with Crippen LogP contribution in [0, 0.1) is 6.20 Å². The first-order valence-corrected chi connectivity index (χ1v) is 4.31. The summed E-state index contributed by atoms with van der Waals surface area (Å²) in [6.07, 6.45) is 11.8. The fraction of sp³-hybridized carbons (Fsp3) is 0.667. The van der Waals surface area contributed by atoms with E-state index < -0.39 is 0 Å². The molecule has 0 aromatic carbocycles. The molecule has 0 spiro atoms.